The van der Waals surface area contributed by atoms with Crippen LogP contribution in [-0.2, 0) is 4.79 Å². The zero-order chi connectivity index (χ0) is 13.5. The van der Waals surface area contributed by atoms with Crippen molar-refractivity contribution in [2.24, 2.45) is 0 Å². The summed E-state index contributed by atoms with van der Waals surface area (Å²) in [7, 11) is 0. The molecule has 0 aliphatic carbocycles. The van der Waals surface area contributed by atoms with Gasteiger partial charge in [-0.3, -0.25) is 10.1 Å². The molecule has 0 atom stereocenters. The number of carboxylic acids is 1. The first kappa shape index (κ1) is 14.0. The summed E-state index contributed by atoms with van der Waals surface area (Å²) in [6.45, 7) is 0.270. The molecule has 0 radical (unpaired) electrons. The fourth-order valence-corrected chi connectivity index (χ4v) is 1.42. The number of halogens is 1. The number of aromatic carboxylic acids is 1. The Labute approximate surface area is 109 Å². The van der Waals surface area contributed by atoms with Crippen molar-refractivity contribution in [3.63, 3.8) is 0 Å². The predicted molar refractivity (Wildman–Crippen MR) is 68.7 cm³/mol. The minimum Gasteiger partial charge on any atom is -0.478 e. The second-order valence-corrected chi connectivity index (χ2v) is 3.79. The van der Waals surface area contributed by atoms with Crippen LogP contribution in [0.2, 0.25) is 5.02 Å². The molecule has 3 N–H and O–H groups in total. The lowest BCUT2D eigenvalue weighted by Crippen LogP contribution is -2.28. The minimum atomic E-state index is -1.16. The van der Waals surface area contributed by atoms with Crippen LogP contribution >= 0.6 is 11.6 Å². The van der Waals surface area contributed by atoms with Crippen LogP contribution in [-0.4, -0.2) is 30.1 Å². The maximum Gasteiger partial charge on any atom is 0.337 e. The van der Waals surface area contributed by atoms with Gasteiger partial charge in [-0.2, -0.15) is 0 Å². The zero-order valence-corrected chi connectivity index (χ0v) is 10.1. The van der Waals surface area contributed by atoms with E-state index in [0.717, 1.165) is 0 Å². The summed E-state index contributed by atoms with van der Waals surface area (Å²) < 4.78 is 0. The van der Waals surface area contributed by atoms with E-state index in [1.165, 1.54) is 18.2 Å². The minimum absolute atomic E-state index is 0.00584. The van der Waals surface area contributed by atoms with Crippen molar-refractivity contribution in [3.05, 3.63) is 28.8 Å². The van der Waals surface area contributed by atoms with Crippen molar-refractivity contribution in [2.75, 3.05) is 18.4 Å². The van der Waals surface area contributed by atoms with Crippen molar-refractivity contribution in [2.45, 2.75) is 0 Å². The highest BCUT2D eigenvalue weighted by molar-refractivity contribution is 6.31. The molecular weight excluding hydrogens is 256 g/mol. The van der Waals surface area contributed by atoms with Gasteiger partial charge in [0.25, 0.3) is 0 Å². The number of terminal acetylenes is 1. The molecule has 0 fully saturated rings. The van der Waals surface area contributed by atoms with Crippen molar-refractivity contribution < 1.29 is 14.7 Å². The van der Waals surface area contributed by atoms with Gasteiger partial charge in [-0.1, -0.05) is 17.5 Å². The third-order valence-electron chi connectivity index (χ3n) is 2.00. The van der Waals surface area contributed by atoms with E-state index in [9.17, 15) is 9.59 Å². The Balaban J connectivity index is 2.75. The average Bonchev–Trinajstić information content (AvgIpc) is 2.31. The molecule has 6 heteroatoms. The van der Waals surface area contributed by atoms with Crippen LogP contribution in [0.25, 0.3) is 0 Å². The van der Waals surface area contributed by atoms with Gasteiger partial charge in [-0.25, -0.2) is 4.79 Å². The summed E-state index contributed by atoms with van der Waals surface area (Å²) >= 11 is 5.69. The molecule has 0 bridgehead atoms. The standard InChI is InChI=1S/C12H11ClN2O3/c1-2-5-14-7-11(16)15-10-4-3-8(13)6-9(10)12(17)18/h1,3-4,6,14H,5,7H2,(H,15,16)(H,17,18). The first-order valence-electron chi connectivity index (χ1n) is 5.01. The highest BCUT2D eigenvalue weighted by Crippen LogP contribution is 2.20. The Morgan fingerprint density at radius 1 is 1.44 bits per heavy atom. The normalized spacial score (nSPS) is 9.56. The molecule has 0 aliphatic heterocycles. The summed E-state index contributed by atoms with van der Waals surface area (Å²) in [6, 6.07) is 4.21. The molecule has 0 heterocycles. The number of benzene rings is 1. The van der Waals surface area contributed by atoms with Crippen LogP contribution in [0.3, 0.4) is 0 Å². The number of carbonyl (C=O) groups excluding carboxylic acids is 1. The van der Waals surface area contributed by atoms with Crippen LogP contribution in [0.1, 0.15) is 10.4 Å². The third kappa shape index (κ3) is 4.09. The second-order valence-electron chi connectivity index (χ2n) is 3.35. The van der Waals surface area contributed by atoms with Gasteiger partial charge in [-0.15, -0.1) is 6.42 Å². The largest absolute Gasteiger partial charge is 0.478 e. The highest BCUT2D eigenvalue weighted by atomic mass is 35.5. The lowest BCUT2D eigenvalue weighted by Gasteiger charge is -2.08. The van der Waals surface area contributed by atoms with Gasteiger partial charge in [0.05, 0.1) is 24.3 Å². The quantitative estimate of drug-likeness (QED) is 0.553. The molecule has 18 heavy (non-hydrogen) atoms. The molecule has 1 rings (SSSR count). The maximum absolute atomic E-state index is 11.5. The molecule has 0 spiro atoms. The van der Waals surface area contributed by atoms with Crippen molar-refractivity contribution >= 4 is 29.2 Å². The molecule has 5 nitrogen and oxygen atoms in total. The van der Waals surface area contributed by atoms with E-state index in [1.807, 2.05) is 0 Å². The molecular formula is C12H11ClN2O3. The summed E-state index contributed by atoms with van der Waals surface area (Å²) in [4.78, 5) is 22.4. The molecule has 0 aromatic heterocycles. The fourth-order valence-electron chi connectivity index (χ4n) is 1.25. The monoisotopic (exact) mass is 266 g/mol. The summed E-state index contributed by atoms with van der Waals surface area (Å²) in [5.41, 5.74) is 0.132. The van der Waals surface area contributed by atoms with Crippen LogP contribution in [0, 0.1) is 12.3 Å². The van der Waals surface area contributed by atoms with Gasteiger partial charge < -0.3 is 10.4 Å². The molecule has 94 valence electrons. The van der Waals surface area contributed by atoms with Gasteiger partial charge in [0.15, 0.2) is 0 Å². The maximum atomic E-state index is 11.5. The Morgan fingerprint density at radius 2 is 2.17 bits per heavy atom. The van der Waals surface area contributed by atoms with E-state index in [-0.39, 0.29) is 35.3 Å². The average molecular weight is 267 g/mol. The van der Waals surface area contributed by atoms with E-state index in [4.69, 9.17) is 23.1 Å². The Bertz CT molecular complexity index is 509. The van der Waals surface area contributed by atoms with Crippen LogP contribution in [0.4, 0.5) is 5.69 Å². The van der Waals surface area contributed by atoms with Gasteiger partial charge in [0.2, 0.25) is 5.91 Å². The number of hydrogen-bond acceptors (Lipinski definition) is 3. The Hall–Kier alpha value is -2.03. The fraction of sp³-hybridized carbons (Fsp3) is 0.167. The molecule has 1 aromatic carbocycles. The number of nitrogens with one attached hydrogen (secondary N) is 2. The third-order valence-corrected chi connectivity index (χ3v) is 2.23. The smallest absolute Gasteiger partial charge is 0.337 e. The lowest BCUT2D eigenvalue weighted by molar-refractivity contribution is -0.115. The SMILES string of the molecule is C#CCNCC(=O)Nc1ccc(Cl)cc1C(=O)O. The molecule has 0 saturated carbocycles. The van der Waals surface area contributed by atoms with E-state index >= 15 is 0 Å². The summed E-state index contributed by atoms with van der Waals surface area (Å²) in [5, 5.41) is 14.4. The number of hydrogen-bond donors (Lipinski definition) is 3. The number of amides is 1. The van der Waals surface area contributed by atoms with Crippen LogP contribution in [0.5, 0.6) is 0 Å². The predicted octanol–water partition coefficient (Wildman–Crippen LogP) is 1.20. The first-order chi connectivity index (χ1) is 8.54. The van der Waals surface area contributed by atoms with E-state index in [1.54, 1.807) is 0 Å². The Morgan fingerprint density at radius 3 is 2.78 bits per heavy atom. The number of carboxylic acid groups (broad SMARTS) is 1. The van der Waals surface area contributed by atoms with Crippen molar-refractivity contribution in [1.82, 2.24) is 5.32 Å². The topological polar surface area (TPSA) is 78.4 Å². The van der Waals surface area contributed by atoms with Gasteiger partial charge in [-0.05, 0) is 18.2 Å². The van der Waals surface area contributed by atoms with E-state index < -0.39 is 5.97 Å². The first-order valence-corrected chi connectivity index (χ1v) is 5.39. The molecule has 0 aliphatic rings. The van der Waals surface area contributed by atoms with Gasteiger partial charge >= 0.3 is 5.97 Å². The van der Waals surface area contributed by atoms with Gasteiger partial charge in [0, 0.05) is 5.02 Å². The lowest BCUT2D eigenvalue weighted by atomic mass is 10.2. The number of anilines is 1. The second kappa shape index (κ2) is 6.64. The number of carbonyl (C=O) groups is 2. The number of rotatable bonds is 5. The van der Waals surface area contributed by atoms with Crippen LogP contribution in [0.15, 0.2) is 18.2 Å². The molecule has 0 saturated heterocycles. The summed E-state index contributed by atoms with van der Waals surface area (Å²) in [5.74, 6) is 0.779. The molecule has 0 unspecified atom stereocenters. The Kier molecular flexibility index (Phi) is 5.18. The van der Waals surface area contributed by atoms with Gasteiger partial charge in [0.1, 0.15) is 0 Å². The van der Waals surface area contributed by atoms with Crippen molar-refractivity contribution in [1.29, 1.82) is 0 Å². The molecule has 1 aromatic rings. The van der Waals surface area contributed by atoms with E-state index in [2.05, 4.69) is 16.6 Å². The van der Waals surface area contributed by atoms with Crippen LogP contribution < -0.4 is 10.6 Å². The van der Waals surface area contributed by atoms with Crippen molar-refractivity contribution in [3.8, 4) is 12.3 Å². The summed E-state index contributed by atoms with van der Waals surface area (Å²) in [6.07, 6.45) is 5.01. The molecule has 1 amide bonds. The van der Waals surface area contributed by atoms with E-state index in [0.29, 0.717) is 0 Å². The zero-order valence-electron chi connectivity index (χ0n) is 9.37. The highest BCUT2D eigenvalue weighted by Gasteiger charge is 2.12.